The Bertz CT molecular complexity index is 473. The van der Waals surface area contributed by atoms with Gasteiger partial charge in [0, 0.05) is 37.6 Å². The molecule has 4 nitrogen and oxygen atoms in total. The van der Waals surface area contributed by atoms with E-state index in [0.717, 1.165) is 69.0 Å². The normalized spacial score (nSPS) is 24.7. The van der Waals surface area contributed by atoms with Crippen LogP contribution in [-0.2, 0) is 10.9 Å². The van der Waals surface area contributed by atoms with Gasteiger partial charge in [-0.3, -0.25) is 4.90 Å². The molecule has 0 aliphatic carbocycles. The van der Waals surface area contributed by atoms with Crippen molar-refractivity contribution >= 4 is 16.5 Å². The molecule has 2 aliphatic heterocycles. The Morgan fingerprint density at radius 1 is 1.29 bits per heavy atom. The van der Waals surface area contributed by atoms with Crippen molar-refractivity contribution < 1.29 is 17.9 Å². The molecule has 0 saturated carbocycles. The number of rotatable bonds is 3. The minimum Gasteiger partial charge on any atom is -0.379 e. The number of hydrogen-bond donors (Lipinski definition) is 0. The number of hydrogen-bond acceptors (Lipinski definition) is 5. The number of aromatic nitrogens is 1. The smallest absolute Gasteiger partial charge is 0.379 e. The van der Waals surface area contributed by atoms with Crippen LogP contribution in [0.1, 0.15) is 18.5 Å². The second kappa shape index (κ2) is 6.10. The molecule has 3 rings (SSSR count). The highest BCUT2D eigenvalue weighted by atomic mass is 32.1. The Hall–Kier alpha value is -0.860. The topological polar surface area (TPSA) is 28.6 Å². The fourth-order valence-electron chi connectivity index (χ4n) is 2.89. The molecule has 8 heteroatoms. The van der Waals surface area contributed by atoms with Crippen LogP contribution in [0.3, 0.4) is 0 Å². The van der Waals surface area contributed by atoms with Gasteiger partial charge in [0.2, 0.25) is 0 Å². The van der Waals surface area contributed by atoms with Crippen LogP contribution in [0.2, 0.25) is 0 Å². The molecule has 1 aromatic rings. The van der Waals surface area contributed by atoms with Crippen LogP contribution in [0.15, 0.2) is 5.38 Å². The summed E-state index contributed by atoms with van der Waals surface area (Å²) < 4.78 is 43.3. The summed E-state index contributed by atoms with van der Waals surface area (Å²) in [7, 11) is 0. The van der Waals surface area contributed by atoms with Crippen molar-refractivity contribution in [3.63, 3.8) is 0 Å². The summed E-state index contributed by atoms with van der Waals surface area (Å²) in [6.45, 7) is 4.94. The Morgan fingerprint density at radius 3 is 2.71 bits per heavy atom. The number of alkyl halides is 3. The average molecular weight is 321 g/mol. The van der Waals surface area contributed by atoms with Gasteiger partial charge in [0.05, 0.1) is 13.2 Å². The summed E-state index contributed by atoms with van der Waals surface area (Å²) in [5.41, 5.74) is -0.778. The first-order valence-corrected chi connectivity index (χ1v) is 8.01. The summed E-state index contributed by atoms with van der Waals surface area (Å²) in [5, 5.41) is 1.61. The van der Waals surface area contributed by atoms with Gasteiger partial charge in [-0.05, 0) is 12.8 Å². The fourth-order valence-corrected chi connectivity index (χ4v) is 3.82. The predicted octanol–water partition coefficient (Wildman–Crippen LogP) is 2.46. The van der Waals surface area contributed by atoms with E-state index in [2.05, 4.69) is 9.88 Å². The quantitative estimate of drug-likeness (QED) is 0.855. The number of halogens is 3. The standard InChI is InChI=1S/C13H18F3N3OS/c14-13(15,16)11-9-21-12(17-11)19-3-1-2-10(19)8-18-4-6-20-7-5-18/h9-10H,1-8H2. The van der Waals surface area contributed by atoms with E-state index in [9.17, 15) is 13.2 Å². The lowest BCUT2D eigenvalue weighted by Crippen LogP contribution is -2.45. The second-order valence-corrected chi connectivity index (χ2v) is 6.25. The molecule has 2 fully saturated rings. The molecule has 0 amide bonds. The van der Waals surface area contributed by atoms with Crippen molar-refractivity contribution in [3.8, 4) is 0 Å². The summed E-state index contributed by atoms with van der Waals surface area (Å²) in [5.74, 6) is 0. The lowest BCUT2D eigenvalue weighted by molar-refractivity contribution is -0.140. The highest BCUT2D eigenvalue weighted by molar-refractivity contribution is 7.13. The van der Waals surface area contributed by atoms with Crippen molar-refractivity contribution in [1.29, 1.82) is 0 Å². The minimum atomic E-state index is -4.35. The molecule has 1 unspecified atom stereocenters. The molecule has 118 valence electrons. The first-order valence-electron chi connectivity index (χ1n) is 7.13. The van der Waals surface area contributed by atoms with Crippen LogP contribution in [0.4, 0.5) is 18.3 Å². The highest BCUT2D eigenvalue weighted by Crippen LogP contribution is 2.35. The molecule has 0 radical (unpaired) electrons. The number of nitrogens with zero attached hydrogens (tertiary/aromatic N) is 3. The van der Waals surface area contributed by atoms with E-state index in [1.807, 2.05) is 4.90 Å². The molecule has 0 N–H and O–H groups in total. The maximum atomic E-state index is 12.7. The molecule has 0 aromatic carbocycles. The van der Waals surface area contributed by atoms with Crippen molar-refractivity contribution in [2.24, 2.45) is 0 Å². The number of thiazole rings is 1. The second-order valence-electron chi connectivity index (χ2n) is 5.42. The lowest BCUT2D eigenvalue weighted by Gasteiger charge is -2.32. The highest BCUT2D eigenvalue weighted by Gasteiger charge is 2.36. The third-order valence-corrected chi connectivity index (χ3v) is 4.86. The van der Waals surface area contributed by atoms with E-state index < -0.39 is 11.9 Å². The van der Waals surface area contributed by atoms with Gasteiger partial charge in [-0.2, -0.15) is 13.2 Å². The summed E-state index contributed by atoms with van der Waals surface area (Å²) in [6, 6.07) is 0.260. The minimum absolute atomic E-state index is 0.260. The average Bonchev–Trinajstić information content (AvgIpc) is 3.07. The molecule has 1 atom stereocenters. The molecular formula is C13H18F3N3OS. The van der Waals surface area contributed by atoms with Gasteiger partial charge in [-0.1, -0.05) is 0 Å². The summed E-state index contributed by atoms with van der Waals surface area (Å²) in [4.78, 5) is 8.14. The van der Waals surface area contributed by atoms with Crippen molar-refractivity contribution in [1.82, 2.24) is 9.88 Å². The summed E-state index contributed by atoms with van der Waals surface area (Å²) >= 11 is 1.09. The Kier molecular flexibility index (Phi) is 4.37. The SMILES string of the molecule is FC(F)(F)c1csc(N2CCCC2CN2CCOCC2)n1. The van der Waals surface area contributed by atoms with E-state index in [-0.39, 0.29) is 6.04 Å². The zero-order valence-corrected chi connectivity index (χ0v) is 12.4. The molecule has 2 aliphatic rings. The predicted molar refractivity (Wildman–Crippen MR) is 74.7 cm³/mol. The van der Waals surface area contributed by atoms with Gasteiger partial charge in [0.15, 0.2) is 10.8 Å². The van der Waals surface area contributed by atoms with Gasteiger partial charge >= 0.3 is 6.18 Å². The molecular weight excluding hydrogens is 303 g/mol. The molecule has 21 heavy (non-hydrogen) atoms. The molecule has 1 aromatic heterocycles. The van der Waals surface area contributed by atoms with E-state index in [1.165, 1.54) is 0 Å². The zero-order valence-electron chi connectivity index (χ0n) is 11.6. The number of anilines is 1. The molecule has 2 saturated heterocycles. The maximum absolute atomic E-state index is 12.7. The first-order chi connectivity index (χ1) is 10.0. The number of ether oxygens (including phenoxy) is 1. The van der Waals surface area contributed by atoms with Gasteiger partial charge in [0.25, 0.3) is 0 Å². The molecule has 0 bridgehead atoms. The Balaban J connectivity index is 1.67. The van der Waals surface area contributed by atoms with Crippen LogP contribution < -0.4 is 4.90 Å². The van der Waals surface area contributed by atoms with Crippen molar-refractivity contribution in [3.05, 3.63) is 11.1 Å². The molecule has 3 heterocycles. The van der Waals surface area contributed by atoms with Crippen LogP contribution in [0.5, 0.6) is 0 Å². The van der Waals surface area contributed by atoms with Crippen LogP contribution >= 0.6 is 11.3 Å². The zero-order chi connectivity index (χ0) is 14.9. The maximum Gasteiger partial charge on any atom is 0.434 e. The monoisotopic (exact) mass is 321 g/mol. The van der Waals surface area contributed by atoms with Gasteiger partial charge in [0.1, 0.15) is 0 Å². The van der Waals surface area contributed by atoms with E-state index in [4.69, 9.17) is 4.74 Å². The van der Waals surface area contributed by atoms with Crippen molar-refractivity contribution in [2.45, 2.75) is 25.1 Å². The van der Waals surface area contributed by atoms with Crippen LogP contribution in [-0.4, -0.2) is 55.3 Å². The van der Waals surface area contributed by atoms with E-state index >= 15 is 0 Å². The summed E-state index contributed by atoms with van der Waals surface area (Å²) in [6.07, 6.45) is -2.33. The van der Waals surface area contributed by atoms with Crippen LogP contribution in [0.25, 0.3) is 0 Å². The largest absolute Gasteiger partial charge is 0.434 e. The fraction of sp³-hybridized carbons (Fsp3) is 0.769. The Morgan fingerprint density at radius 2 is 2.05 bits per heavy atom. The first kappa shape index (κ1) is 15.1. The Labute approximate surface area is 125 Å². The van der Waals surface area contributed by atoms with Gasteiger partial charge in [-0.25, -0.2) is 4.98 Å². The van der Waals surface area contributed by atoms with Gasteiger partial charge < -0.3 is 9.64 Å². The lowest BCUT2D eigenvalue weighted by atomic mass is 10.2. The third-order valence-electron chi connectivity index (χ3n) is 3.98. The van der Waals surface area contributed by atoms with Gasteiger partial charge in [-0.15, -0.1) is 11.3 Å². The van der Waals surface area contributed by atoms with E-state index in [1.54, 1.807) is 0 Å². The van der Waals surface area contributed by atoms with Crippen LogP contribution in [0, 0.1) is 0 Å². The van der Waals surface area contributed by atoms with Crippen molar-refractivity contribution in [2.75, 3.05) is 44.3 Å². The number of morpholine rings is 1. The molecule has 0 spiro atoms. The van der Waals surface area contributed by atoms with E-state index in [0.29, 0.717) is 5.13 Å². The third kappa shape index (κ3) is 3.49.